The molecule has 0 fully saturated rings. The van der Waals surface area contributed by atoms with Crippen molar-refractivity contribution in [3.63, 3.8) is 0 Å². The van der Waals surface area contributed by atoms with E-state index in [2.05, 4.69) is 48.2 Å². The lowest BCUT2D eigenvalue weighted by atomic mass is 10.3. The highest BCUT2D eigenvalue weighted by Gasteiger charge is 2.06. The van der Waals surface area contributed by atoms with E-state index in [1.54, 1.807) is 13.1 Å². The van der Waals surface area contributed by atoms with Crippen LogP contribution in [0.5, 0.6) is 0 Å². The van der Waals surface area contributed by atoms with Crippen LogP contribution in [0.2, 0.25) is 10.3 Å². The molecular weight excluding hydrogens is 388 g/mol. The quantitative estimate of drug-likeness (QED) is 0.778. The summed E-state index contributed by atoms with van der Waals surface area (Å²) in [6.45, 7) is 0. The van der Waals surface area contributed by atoms with Crippen LogP contribution in [0.3, 0.4) is 0 Å². The molecule has 8 heteroatoms. The minimum absolute atomic E-state index is 0.126. The second-order valence-electron chi connectivity index (χ2n) is 3.25. The van der Waals surface area contributed by atoms with Crippen LogP contribution in [0.1, 0.15) is 0 Å². The molecule has 0 aliphatic carbocycles. The number of aromatic nitrogens is 3. The number of benzene rings is 1. The Morgan fingerprint density at radius 2 is 1.83 bits per heavy atom. The van der Waals surface area contributed by atoms with Gasteiger partial charge in [-0.2, -0.15) is 15.0 Å². The minimum atomic E-state index is 0.126. The number of nitrogens with zero attached hydrogens (tertiary/aromatic N) is 3. The van der Waals surface area contributed by atoms with Gasteiger partial charge >= 0.3 is 0 Å². The summed E-state index contributed by atoms with van der Waals surface area (Å²) in [6, 6.07) is 5.47. The maximum absolute atomic E-state index is 5.89. The van der Waals surface area contributed by atoms with Gasteiger partial charge in [-0.25, -0.2) is 0 Å². The van der Waals surface area contributed by atoms with Gasteiger partial charge in [-0.05, 0) is 52.4 Å². The van der Waals surface area contributed by atoms with Crippen molar-refractivity contribution in [3.05, 3.63) is 32.1 Å². The molecule has 2 aromatic rings. The normalized spacial score (nSPS) is 10.2. The van der Waals surface area contributed by atoms with Gasteiger partial charge in [-0.1, -0.05) is 11.6 Å². The lowest BCUT2D eigenvalue weighted by molar-refractivity contribution is 1.05. The predicted octanol–water partition coefficient (Wildman–Crippen LogP) is 3.57. The third kappa shape index (κ3) is 3.33. The van der Waals surface area contributed by atoms with Gasteiger partial charge in [0, 0.05) is 15.6 Å². The number of anilines is 3. The van der Waals surface area contributed by atoms with Crippen molar-refractivity contribution in [2.75, 3.05) is 17.7 Å². The molecule has 18 heavy (non-hydrogen) atoms. The van der Waals surface area contributed by atoms with Crippen molar-refractivity contribution in [1.29, 1.82) is 0 Å². The Hall–Kier alpha value is -0.860. The maximum Gasteiger partial charge on any atom is 0.233 e. The molecule has 2 rings (SSSR count). The molecule has 1 heterocycles. The van der Waals surface area contributed by atoms with Gasteiger partial charge in [0.1, 0.15) is 0 Å². The van der Waals surface area contributed by atoms with E-state index in [-0.39, 0.29) is 5.28 Å². The summed E-state index contributed by atoms with van der Waals surface area (Å²) < 4.78 is 0.961. The van der Waals surface area contributed by atoms with E-state index in [1.165, 1.54) is 0 Å². The van der Waals surface area contributed by atoms with E-state index in [4.69, 9.17) is 23.2 Å². The summed E-state index contributed by atoms with van der Waals surface area (Å²) in [6.07, 6.45) is 0. The van der Waals surface area contributed by atoms with Gasteiger partial charge in [0.25, 0.3) is 0 Å². The Morgan fingerprint density at radius 1 is 1.11 bits per heavy atom. The molecule has 0 saturated heterocycles. The third-order valence-electron chi connectivity index (χ3n) is 2.01. The SMILES string of the molecule is CNc1nc(Cl)nc(Nc2ccc(Cl)cc2I)n1. The first-order chi connectivity index (χ1) is 8.58. The smallest absolute Gasteiger partial charge is 0.233 e. The molecule has 0 spiro atoms. The first kappa shape index (κ1) is 13.6. The zero-order chi connectivity index (χ0) is 13.1. The van der Waals surface area contributed by atoms with Gasteiger partial charge in [0.2, 0.25) is 17.2 Å². The molecule has 0 aliphatic rings. The first-order valence-corrected chi connectivity index (χ1v) is 6.73. The summed E-state index contributed by atoms with van der Waals surface area (Å²) in [5, 5.41) is 6.67. The van der Waals surface area contributed by atoms with Crippen molar-refractivity contribution in [3.8, 4) is 0 Å². The molecule has 1 aromatic heterocycles. The highest BCUT2D eigenvalue weighted by atomic mass is 127. The zero-order valence-corrected chi connectivity index (χ0v) is 12.9. The Morgan fingerprint density at radius 3 is 2.50 bits per heavy atom. The molecular formula is C10H8Cl2IN5. The van der Waals surface area contributed by atoms with Gasteiger partial charge in [0.05, 0.1) is 5.69 Å². The second kappa shape index (κ2) is 5.85. The van der Waals surface area contributed by atoms with E-state index in [1.807, 2.05) is 12.1 Å². The second-order valence-corrected chi connectivity index (χ2v) is 5.19. The van der Waals surface area contributed by atoms with Crippen LogP contribution in [0, 0.1) is 3.57 Å². The van der Waals surface area contributed by atoms with Gasteiger partial charge < -0.3 is 10.6 Å². The molecule has 0 saturated carbocycles. The Labute approximate surface area is 127 Å². The van der Waals surface area contributed by atoms with Crippen molar-refractivity contribution in [2.45, 2.75) is 0 Å². The summed E-state index contributed by atoms with van der Waals surface area (Å²) in [5.74, 6) is 0.779. The van der Waals surface area contributed by atoms with Crippen LogP contribution in [0.15, 0.2) is 18.2 Å². The summed E-state index contributed by atoms with van der Waals surface area (Å²) >= 11 is 13.9. The number of nitrogens with one attached hydrogen (secondary N) is 2. The molecule has 0 aliphatic heterocycles. The van der Waals surface area contributed by atoms with Crippen LogP contribution in [-0.2, 0) is 0 Å². The highest BCUT2D eigenvalue weighted by Crippen LogP contribution is 2.24. The Balaban J connectivity index is 2.30. The van der Waals surface area contributed by atoms with Crippen LogP contribution in [0.4, 0.5) is 17.6 Å². The third-order valence-corrected chi connectivity index (χ3v) is 3.31. The molecule has 2 N–H and O–H groups in total. The number of halogens is 3. The van der Waals surface area contributed by atoms with Crippen LogP contribution < -0.4 is 10.6 Å². The summed E-state index contributed by atoms with van der Waals surface area (Å²) in [4.78, 5) is 12.0. The molecule has 0 bridgehead atoms. The topological polar surface area (TPSA) is 62.7 Å². The monoisotopic (exact) mass is 395 g/mol. The average Bonchev–Trinajstić information content (AvgIpc) is 2.32. The van der Waals surface area contributed by atoms with E-state index >= 15 is 0 Å². The fourth-order valence-corrected chi connectivity index (χ4v) is 2.40. The average molecular weight is 396 g/mol. The van der Waals surface area contributed by atoms with Crippen molar-refractivity contribution in [1.82, 2.24) is 15.0 Å². The maximum atomic E-state index is 5.89. The molecule has 0 amide bonds. The van der Waals surface area contributed by atoms with Crippen LogP contribution in [-0.4, -0.2) is 22.0 Å². The molecule has 0 atom stereocenters. The summed E-state index contributed by atoms with van der Waals surface area (Å²) in [5.41, 5.74) is 0.851. The molecule has 0 radical (unpaired) electrons. The van der Waals surface area contributed by atoms with Gasteiger partial charge in [0.15, 0.2) is 0 Å². The van der Waals surface area contributed by atoms with Crippen LogP contribution in [0.25, 0.3) is 0 Å². The molecule has 0 unspecified atom stereocenters. The Kier molecular flexibility index (Phi) is 4.41. The lowest BCUT2D eigenvalue weighted by Crippen LogP contribution is -2.04. The zero-order valence-electron chi connectivity index (χ0n) is 9.21. The largest absolute Gasteiger partial charge is 0.357 e. The fourth-order valence-electron chi connectivity index (χ4n) is 1.23. The number of hydrogen-bond donors (Lipinski definition) is 2. The van der Waals surface area contributed by atoms with E-state index in [0.29, 0.717) is 16.9 Å². The van der Waals surface area contributed by atoms with E-state index in [9.17, 15) is 0 Å². The molecule has 1 aromatic carbocycles. The lowest BCUT2D eigenvalue weighted by Gasteiger charge is -2.08. The standard InChI is InChI=1S/C10H8Cl2IN5/c1-14-9-16-8(12)17-10(18-9)15-7-3-2-5(11)4-6(7)13/h2-4H,1H3,(H2,14,15,16,17,18). The first-order valence-electron chi connectivity index (χ1n) is 4.90. The minimum Gasteiger partial charge on any atom is -0.357 e. The highest BCUT2D eigenvalue weighted by molar-refractivity contribution is 14.1. The number of hydrogen-bond acceptors (Lipinski definition) is 5. The molecule has 94 valence electrons. The van der Waals surface area contributed by atoms with E-state index < -0.39 is 0 Å². The van der Waals surface area contributed by atoms with E-state index in [0.717, 1.165) is 9.26 Å². The van der Waals surface area contributed by atoms with Crippen molar-refractivity contribution >= 4 is 63.4 Å². The Bertz CT molecular complexity index is 578. The fraction of sp³-hybridized carbons (Fsp3) is 0.100. The van der Waals surface area contributed by atoms with Gasteiger partial charge in [-0.15, -0.1) is 0 Å². The number of rotatable bonds is 3. The summed E-state index contributed by atoms with van der Waals surface area (Å²) in [7, 11) is 1.71. The van der Waals surface area contributed by atoms with Gasteiger partial charge in [-0.3, -0.25) is 0 Å². The predicted molar refractivity (Wildman–Crippen MR) is 81.8 cm³/mol. The van der Waals surface area contributed by atoms with Crippen molar-refractivity contribution in [2.24, 2.45) is 0 Å². The van der Waals surface area contributed by atoms with Crippen LogP contribution >= 0.6 is 45.8 Å². The molecule has 5 nitrogen and oxygen atoms in total. The van der Waals surface area contributed by atoms with Crippen molar-refractivity contribution < 1.29 is 0 Å².